The second-order valence-corrected chi connectivity index (χ2v) is 4.64. The molecular weight excluding hydrogens is 264 g/mol. The molecule has 1 N–H and O–H groups in total. The average molecular weight is 278 g/mol. The zero-order chi connectivity index (χ0) is 13.8. The minimum atomic E-state index is -0.191. The van der Waals surface area contributed by atoms with Crippen molar-refractivity contribution in [1.82, 2.24) is 4.98 Å². The molecule has 19 heavy (non-hydrogen) atoms. The van der Waals surface area contributed by atoms with Crippen LogP contribution < -0.4 is 14.8 Å². The lowest BCUT2D eigenvalue weighted by molar-refractivity contribution is 0.102. The van der Waals surface area contributed by atoms with Crippen molar-refractivity contribution >= 4 is 22.9 Å². The Hall–Kier alpha value is -2.08. The topological polar surface area (TPSA) is 60.5 Å². The number of benzene rings is 1. The summed E-state index contributed by atoms with van der Waals surface area (Å²) < 4.78 is 10.3. The van der Waals surface area contributed by atoms with Gasteiger partial charge in [0, 0.05) is 6.07 Å². The van der Waals surface area contributed by atoms with Gasteiger partial charge in [0.25, 0.3) is 5.91 Å². The Morgan fingerprint density at radius 3 is 2.68 bits per heavy atom. The fraction of sp³-hybridized carbons (Fsp3) is 0.231. The number of thiazole rings is 1. The van der Waals surface area contributed by atoms with Gasteiger partial charge < -0.3 is 14.8 Å². The highest BCUT2D eigenvalue weighted by Gasteiger charge is 2.14. The molecule has 0 aliphatic rings. The number of ether oxygens (including phenoxy) is 2. The van der Waals surface area contributed by atoms with E-state index in [-0.39, 0.29) is 5.91 Å². The summed E-state index contributed by atoms with van der Waals surface area (Å²) in [5.74, 6) is 1.03. The number of hydrogen-bond donors (Lipinski definition) is 1. The van der Waals surface area contributed by atoms with Gasteiger partial charge >= 0.3 is 0 Å². The Labute approximate surface area is 115 Å². The summed E-state index contributed by atoms with van der Waals surface area (Å²) in [6.45, 7) is 1.80. The molecule has 0 saturated carbocycles. The summed E-state index contributed by atoms with van der Waals surface area (Å²) in [6, 6.07) is 5.22. The predicted molar refractivity (Wildman–Crippen MR) is 74.4 cm³/mol. The molecular formula is C13H14N2O3S. The molecule has 0 atom stereocenters. The average Bonchev–Trinajstić information content (AvgIpc) is 2.85. The van der Waals surface area contributed by atoms with Crippen LogP contribution in [-0.2, 0) is 0 Å². The van der Waals surface area contributed by atoms with E-state index in [1.807, 2.05) is 0 Å². The summed E-state index contributed by atoms with van der Waals surface area (Å²) in [5, 5.41) is 2.81. The first-order chi connectivity index (χ1) is 9.15. The summed E-state index contributed by atoms with van der Waals surface area (Å²) >= 11 is 1.31. The van der Waals surface area contributed by atoms with Gasteiger partial charge in [0.05, 0.1) is 31.1 Å². The Kier molecular flexibility index (Phi) is 4.01. The summed E-state index contributed by atoms with van der Waals surface area (Å²) in [4.78, 5) is 16.7. The normalized spacial score (nSPS) is 10.1. The molecule has 0 radical (unpaired) electrons. The molecule has 2 aromatic rings. The predicted octanol–water partition coefficient (Wildman–Crippen LogP) is 2.72. The van der Waals surface area contributed by atoms with E-state index in [0.717, 1.165) is 5.69 Å². The molecule has 2 rings (SSSR count). The van der Waals surface area contributed by atoms with E-state index >= 15 is 0 Å². The molecule has 0 bridgehead atoms. The second kappa shape index (κ2) is 5.71. The van der Waals surface area contributed by atoms with Gasteiger partial charge in [-0.3, -0.25) is 4.79 Å². The number of nitrogens with one attached hydrogen (secondary N) is 1. The number of aromatic nitrogens is 1. The minimum Gasteiger partial charge on any atom is -0.497 e. The van der Waals surface area contributed by atoms with Crippen molar-refractivity contribution < 1.29 is 14.3 Å². The molecule has 0 aliphatic heterocycles. The van der Waals surface area contributed by atoms with Crippen LogP contribution in [0.3, 0.4) is 0 Å². The SMILES string of the molecule is COc1ccc(NC(=O)c2scnc2C)c(OC)c1. The largest absolute Gasteiger partial charge is 0.497 e. The molecule has 1 amide bonds. The van der Waals surface area contributed by atoms with Crippen LogP contribution in [0.25, 0.3) is 0 Å². The van der Waals surface area contributed by atoms with Crippen LogP contribution in [0, 0.1) is 6.92 Å². The summed E-state index contributed by atoms with van der Waals surface area (Å²) in [7, 11) is 3.12. The van der Waals surface area contributed by atoms with Gasteiger partial charge in [0.15, 0.2) is 0 Å². The lowest BCUT2D eigenvalue weighted by Gasteiger charge is -2.11. The minimum absolute atomic E-state index is 0.191. The molecule has 1 heterocycles. The highest BCUT2D eigenvalue weighted by atomic mass is 32.1. The highest BCUT2D eigenvalue weighted by molar-refractivity contribution is 7.12. The third-order valence-corrected chi connectivity index (χ3v) is 3.54. The molecule has 5 nitrogen and oxygen atoms in total. The van der Waals surface area contributed by atoms with E-state index in [0.29, 0.717) is 22.1 Å². The van der Waals surface area contributed by atoms with Crippen LogP contribution in [0.15, 0.2) is 23.7 Å². The van der Waals surface area contributed by atoms with Gasteiger partial charge in [-0.05, 0) is 19.1 Å². The lowest BCUT2D eigenvalue weighted by atomic mass is 10.2. The first kappa shape index (κ1) is 13.4. The number of carbonyl (C=O) groups excluding carboxylic acids is 1. The van der Waals surface area contributed by atoms with Gasteiger partial charge in [-0.1, -0.05) is 0 Å². The first-order valence-electron chi connectivity index (χ1n) is 5.59. The number of hydrogen-bond acceptors (Lipinski definition) is 5. The maximum absolute atomic E-state index is 12.1. The van der Waals surface area contributed by atoms with Crippen molar-refractivity contribution in [2.75, 3.05) is 19.5 Å². The standard InChI is InChI=1S/C13H14N2O3S/c1-8-12(19-7-14-8)13(16)15-10-5-4-9(17-2)6-11(10)18-3/h4-7H,1-3H3,(H,15,16). The third kappa shape index (κ3) is 2.85. The smallest absolute Gasteiger partial charge is 0.267 e. The number of methoxy groups -OCH3 is 2. The Morgan fingerprint density at radius 1 is 1.32 bits per heavy atom. The molecule has 100 valence electrons. The quantitative estimate of drug-likeness (QED) is 0.934. The van der Waals surface area contributed by atoms with Crippen molar-refractivity contribution in [3.05, 3.63) is 34.3 Å². The van der Waals surface area contributed by atoms with E-state index in [2.05, 4.69) is 10.3 Å². The maximum Gasteiger partial charge on any atom is 0.267 e. The molecule has 0 spiro atoms. The molecule has 1 aromatic carbocycles. The van der Waals surface area contributed by atoms with Crippen LogP contribution in [0.2, 0.25) is 0 Å². The van der Waals surface area contributed by atoms with Crippen LogP contribution in [-0.4, -0.2) is 25.1 Å². The van der Waals surface area contributed by atoms with E-state index in [1.165, 1.54) is 11.3 Å². The van der Waals surface area contributed by atoms with Crippen molar-refractivity contribution in [3.63, 3.8) is 0 Å². The number of anilines is 1. The zero-order valence-electron chi connectivity index (χ0n) is 10.9. The molecule has 1 aromatic heterocycles. The maximum atomic E-state index is 12.1. The summed E-state index contributed by atoms with van der Waals surface area (Å²) in [5.41, 5.74) is 2.96. The highest BCUT2D eigenvalue weighted by Crippen LogP contribution is 2.29. The van der Waals surface area contributed by atoms with Crippen LogP contribution in [0.5, 0.6) is 11.5 Å². The van der Waals surface area contributed by atoms with Crippen molar-refractivity contribution in [2.24, 2.45) is 0 Å². The Bertz CT molecular complexity index is 595. The van der Waals surface area contributed by atoms with E-state index in [4.69, 9.17) is 9.47 Å². The zero-order valence-corrected chi connectivity index (χ0v) is 11.7. The molecule has 0 aliphatic carbocycles. The fourth-order valence-corrected chi connectivity index (χ4v) is 2.30. The number of aryl methyl sites for hydroxylation is 1. The van der Waals surface area contributed by atoms with Crippen LogP contribution >= 0.6 is 11.3 Å². The molecule has 6 heteroatoms. The summed E-state index contributed by atoms with van der Waals surface area (Å²) in [6.07, 6.45) is 0. The van der Waals surface area contributed by atoms with Crippen molar-refractivity contribution in [2.45, 2.75) is 6.92 Å². The van der Waals surface area contributed by atoms with Gasteiger partial charge in [-0.2, -0.15) is 0 Å². The molecule has 0 fully saturated rings. The van der Waals surface area contributed by atoms with E-state index in [1.54, 1.807) is 44.9 Å². The van der Waals surface area contributed by atoms with Crippen LogP contribution in [0.4, 0.5) is 5.69 Å². The van der Waals surface area contributed by atoms with E-state index in [9.17, 15) is 4.79 Å². The number of rotatable bonds is 4. The Balaban J connectivity index is 2.24. The monoisotopic (exact) mass is 278 g/mol. The van der Waals surface area contributed by atoms with Gasteiger partial charge in [0.1, 0.15) is 16.4 Å². The third-order valence-electron chi connectivity index (χ3n) is 2.61. The van der Waals surface area contributed by atoms with Crippen molar-refractivity contribution in [1.29, 1.82) is 0 Å². The van der Waals surface area contributed by atoms with Crippen molar-refractivity contribution in [3.8, 4) is 11.5 Å². The van der Waals surface area contributed by atoms with Gasteiger partial charge in [0.2, 0.25) is 0 Å². The first-order valence-corrected chi connectivity index (χ1v) is 6.47. The molecule has 0 unspecified atom stereocenters. The molecule has 0 saturated heterocycles. The number of nitrogens with zero attached hydrogens (tertiary/aromatic N) is 1. The number of carbonyl (C=O) groups is 1. The fourth-order valence-electron chi connectivity index (χ4n) is 1.60. The van der Waals surface area contributed by atoms with Crippen LogP contribution in [0.1, 0.15) is 15.4 Å². The lowest BCUT2D eigenvalue weighted by Crippen LogP contribution is -2.12. The van der Waals surface area contributed by atoms with Gasteiger partial charge in [-0.15, -0.1) is 11.3 Å². The van der Waals surface area contributed by atoms with Gasteiger partial charge in [-0.25, -0.2) is 4.98 Å². The second-order valence-electron chi connectivity index (χ2n) is 3.79. The van der Waals surface area contributed by atoms with E-state index < -0.39 is 0 Å². The Morgan fingerprint density at radius 2 is 2.11 bits per heavy atom. The number of amides is 1.